The molecule has 1 aromatic carbocycles. The van der Waals surface area contributed by atoms with E-state index in [0.29, 0.717) is 12.5 Å². The van der Waals surface area contributed by atoms with Crippen LogP contribution in [0.5, 0.6) is 0 Å². The van der Waals surface area contributed by atoms with Gasteiger partial charge in [0.05, 0.1) is 13.2 Å². The van der Waals surface area contributed by atoms with E-state index in [1.807, 2.05) is 18.2 Å². The molecule has 24 heavy (non-hydrogen) atoms. The summed E-state index contributed by atoms with van der Waals surface area (Å²) in [6.45, 7) is 10.6. The van der Waals surface area contributed by atoms with Gasteiger partial charge in [0, 0.05) is 37.9 Å². The number of nitrogens with one attached hydrogen (secondary N) is 1. The summed E-state index contributed by atoms with van der Waals surface area (Å²) in [5, 5.41) is 12.4. The predicted molar refractivity (Wildman–Crippen MR) is 98.3 cm³/mol. The first-order valence-electron chi connectivity index (χ1n) is 9.00. The molecule has 2 N–H and O–H groups in total. The van der Waals surface area contributed by atoms with Gasteiger partial charge >= 0.3 is 0 Å². The van der Waals surface area contributed by atoms with Crippen LogP contribution in [0, 0.1) is 0 Å². The van der Waals surface area contributed by atoms with Gasteiger partial charge in [0.2, 0.25) is 5.91 Å². The Labute approximate surface area is 145 Å². The zero-order chi connectivity index (χ0) is 17.5. The van der Waals surface area contributed by atoms with Gasteiger partial charge in [-0.25, -0.2) is 0 Å². The number of carbonyl (C=O) groups is 1. The van der Waals surface area contributed by atoms with E-state index in [-0.39, 0.29) is 18.6 Å². The number of piperazine rings is 1. The predicted octanol–water partition coefficient (Wildman–Crippen LogP) is 2.14. The van der Waals surface area contributed by atoms with E-state index >= 15 is 0 Å². The van der Waals surface area contributed by atoms with Crippen molar-refractivity contribution < 1.29 is 9.90 Å². The highest BCUT2D eigenvalue weighted by atomic mass is 16.3. The minimum atomic E-state index is 0.0403. The summed E-state index contributed by atoms with van der Waals surface area (Å²) < 4.78 is 0. The third-order valence-electron chi connectivity index (χ3n) is 4.81. The van der Waals surface area contributed by atoms with Crippen LogP contribution in [-0.4, -0.2) is 66.2 Å². The minimum absolute atomic E-state index is 0.0403. The van der Waals surface area contributed by atoms with Gasteiger partial charge in [-0.2, -0.15) is 0 Å². The van der Waals surface area contributed by atoms with Crippen molar-refractivity contribution in [2.24, 2.45) is 0 Å². The molecule has 1 unspecified atom stereocenters. The summed E-state index contributed by atoms with van der Waals surface area (Å²) in [6.07, 6.45) is 0.961. The summed E-state index contributed by atoms with van der Waals surface area (Å²) >= 11 is 0. The summed E-state index contributed by atoms with van der Waals surface area (Å²) in [4.78, 5) is 16.8. The lowest BCUT2D eigenvalue weighted by atomic mass is 10.0. The average Bonchev–Trinajstić information content (AvgIpc) is 2.57. The zero-order valence-electron chi connectivity index (χ0n) is 15.2. The molecule has 1 atom stereocenters. The molecule has 0 aromatic heterocycles. The first-order chi connectivity index (χ1) is 11.5. The highest BCUT2D eigenvalue weighted by Gasteiger charge is 2.23. The fraction of sp³-hybridized carbons (Fsp3) is 0.632. The lowest BCUT2D eigenvalue weighted by molar-refractivity contribution is -0.117. The molecule has 1 amide bonds. The monoisotopic (exact) mass is 333 g/mol. The van der Waals surface area contributed by atoms with Crippen molar-refractivity contribution in [3.63, 3.8) is 0 Å². The second-order valence-electron chi connectivity index (χ2n) is 6.89. The average molecular weight is 333 g/mol. The summed E-state index contributed by atoms with van der Waals surface area (Å²) in [5.41, 5.74) is 2.10. The van der Waals surface area contributed by atoms with Crippen LogP contribution in [0.2, 0.25) is 0 Å². The highest BCUT2D eigenvalue weighted by molar-refractivity contribution is 5.92. The van der Waals surface area contributed by atoms with Gasteiger partial charge < -0.3 is 10.4 Å². The minimum Gasteiger partial charge on any atom is -0.395 e. The van der Waals surface area contributed by atoms with Gasteiger partial charge in [0.15, 0.2) is 0 Å². The second kappa shape index (κ2) is 9.16. The summed E-state index contributed by atoms with van der Waals surface area (Å²) in [6, 6.07) is 8.32. The molecule has 1 fully saturated rings. The van der Waals surface area contributed by atoms with E-state index in [4.69, 9.17) is 0 Å². The Kier molecular flexibility index (Phi) is 7.21. The number of benzene rings is 1. The molecule has 5 heteroatoms. The number of aliphatic hydroxyl groups excluding tert-OH is 1. The van der Waals surface area contributed by atoms with Gasteiger partial charge in [-0.05, 0) is 30.0 Å². The van der Waals surface area contributed by atoms with E-state index in [1.54, 1.807) is 0 Å². The fourth-order valence-electron chi connectivity index (χ4n) is 3.17. The molecule has 1 aliphatic heterocycles. The molecule has 0 bridgehead atoms. The molecule has 0 spiro atoms. The van der Waals surface area contributed by atoms with Crippen molar-refractivity contribution in [3.05, 3.63) is 29.8 Å². The van der Waals surface area contributed by atoms with Crippen LogP contribution in [0.15, 0.2) is 24.3 Å². The third kappa shape index (κ3) is 5.30. The number of rotatable bonds is 7. The maximum Gasteiger partial charge on any atom is 0.238 e. The highest BCUT2D eigenvalue weighted by Crippen LogP contribution is 2.18. The van der Waals surface area contributed by atoms with Gasteiger partial charge in [0.25, 0.3) is 0 Å². The lowest BCUT2D eigenvalue weighted by Crippen LogP contribution is -2.52. The van der Waals surface area contributed by atoms with Crippen molar-refractivity contribution in [2.45, 2.75) is 39.2 Å². The first kappa shape index (κ1) is 18.9. The summed E-state index contributed by atoms with van der Waals surface area (Å²) in [7, 11) is 0. The molecule has 1 aliphatic rings. The van der Waals surface area contributed by atoms with E-state index < -0.39 is 0 Å². The number of hydrogen-bond donors (Lipinski definition) is 2. The topological polar surface area (TPSA) is 55.8 Å². The molecule has 0 radical (unpaired) electrons. The van der Waals surface area contributed by atoms with Crippen LogP contribution in [0.3, 0.4) is 0 Å². The third-order valence-corrected chi connectivity index (χ3v) is 4.81. The van der Waals surface area contributed by atoms with Gasteiger partial charge in [-0.3, -0.25) is 14.6 Å². The molecule has 1 aromatic rings. The molecular formula is C19H31N3O2. The van der Waals surface area contributed by atoms with Crippen molar-refractivity contribution >= 4 is 11.6 Å². The van der Waals surface area contributed by atoms with Gasteiger partial charge in [-0.1, -0.05) is 32.9 Å². The van der Waals surface area contributed by atoms with Crippen molar-refractivity contribution in [1.82, 2.24) is 9.80 Å². The van der Waals surface area contributed by atoms with Crippen LogP contribution < -0.4 is 5.32 Å². The molecule has 0 aliphatic carbocycles. The molecule has 1 heterocycles. The number of aliphatic hydroxyl groups is 1. The van der Waals surface area contributed by atoms with Crippen LogP contribution in [0.1, 0.15) is 38.7 Å². The van der Waals surface area contributed by atoms with Crippen LogP contribution >= 0.6 is 0 Å². The van der Waals surface area contributed by atoms with E-state index in [9.17, 15) is 9.90 Å². The normalized spacial score (nSPS) is 17.9. The fourth-order valence-corrected chi connectivity index (χ4v) is 3.17. The Morgan fingerprint density at radius 3 is 2.54 bits per heavy atom. The quantitative estimate of drug-likeness (QED) is 0.803. The van der Waals surface area contributed by atoms with Crippen LogP contribution in [-0.2, 0) is 4.79 Å². The Bertz CT molecular complexity index is 521. The number of anilines is 1. The molecule has 2 rings (SSSR count). The van der Waals surface area contributed by atoms with Crippen LogP contribution in [0.25, 0.3) is 0 Å². The van der Waals surface area contributed by atoms with E-state index in [2.05, 4.69) is 42.0 Å². The molecular weight excluding hydrogens is 302 g/mol. The smallest absolute Gasteiger partial charge is 0.238 e. The summed E-state index contributed by atoms with van der Waals surface area (Å²) in [5.74, 6) is 0.492. The molecule has 5 nitrogen and oxygen atoms in total. The Balaban J connectivity index is 1.80. The number of hydrogen-bond acceptors (Lipinski definition) is 4. The molecule has 1 saturated heterocycles. The Morgan fingerprint density at radius 2 is 1.96 bits per heavy atom. The maximum atomic E-state index is 12.3. The van der Waals surface area contributed by atoms with Gasteiger partial charge in [0.1, 0.15) is 0 Å². The second-order valence-corrected chi connectivity index (χ2v) is 6.89. The number of carbonyl (C=O) groups excluding carboxylic acids is 1. The zero-order valence-corrected chi connectivity index (χ0v) is 15.2. The van der Waals surface area contributed by atoms with E-state index in [0.717, 1.165) is 38.3 Å². The molecule has 134 valence electrons. The van der Waals surface area contributed by atoms with Crippen molar-refractivity contribution in [1.29, 1.82) is 0 Å². The maximum absolute atomic E-state index is 12.3. The number of nitrogens with zero attached hydrogens (tertiary/aromatic N) is 2. The first-order valence-corrected chi connectivity index (χ1v) is 9.00. The Hall–Kier alpha value is -1.43. The van der Waals surface area contributed by atoms with Crippen LogP contribution in [0.4, 0.5) is 5.69 Å². The Morgan fingerprint density at radius 1 is 1.25 bits per heavy atom. The van der Waals surface area contributed by atoms with E-state index in [1.165, 1.54) is 5.56 Å². The SMILES string of the molecule is CCC(CO)N1CCN(CC(=O)Nc2cccc(C(C)C)c2)CC1. The number of amides is 1. The van der Waals surface area contributed by atoms with Crippen molar-refractivity contribution in [3.8, 4) is 0 Å². The van der Waals surface area contributed by atoms with Crippen molar-refractivity contribution in [2.75, 3.05) is 44.6 Å². The lowest BCUT2D eigenvalue weighted by Gasteiger charge is -2.38. The largest absolute Gasteiger partial charge is 0.395 e. The standard InChI is InChI=1S/C19H31N3O2/c1-4-18(14-23)22-10-8-21(9-11-22)13-19(24)20-17-7-5-6-16(12-17)15(2)3/h5-7,12,15,18,23H,4,8-11,13-14H2,1-3H3,(H,20,24). The van der Waals surface area contributed by atoms with Gasteiger partial charge in [-0.15, -0.1) is 0 Å². The molecule has 0 saturated carbocycles.